The Bertz CT molecular complexity index is 914. The first kappa shape index (κ1) is 21.3. The van der Waals surface area contributed by atoms with Gasteiger partial charge in [0.2, 0.25) is 0 Å². The van der Waals surface area contributed by atoms with Crippen LogP contribution in [0.5, 0.6) is 0 Å². The van der Waals surface area contributed by atoms with Gasteiger partial charge in [-0.3, -0.25) is 19.3 Å². The number of esters is 1. The van der Waals surface area contributed by atoms with E-state index in [2.05, 4.69) is 17.6 Å². The monoisotopic (exact) mass is 412 g/mol. The third kappa shape index (κ3) is 4.27. The molecule has 0 radical (unpaired) electrons. The number of ether oxygens (including phenoxy) is 1. The summed E-state index contributed by atoms with van der Waals surface area (Å²) < 4.78 is 5.10. The number of nitrogens with zero attached hydrogens (tertiary/aromatic N) is 2. The highest BCUT2D eigenvalue weighted by atomic mass is 16.5. The van der Waals surface area contributed by atoms with E-state index >= 15 is 0 Å². The number of hydrogen-bond acceptors (Lipinski definition) is 6. The zero-order valence-electron chi connectivity index (χ0n) is 16.9. The molecule has 1 aliphatic carbocycles. The van der Waals surface area contributed by atoms with Gasteiger partial charge >= 0.3 is 12.0 Å². The van der Waals surface area contributed by atoms with E-state index in [4.69, 9.17) is 10.00 Å². The number of rotatable bonds is 5. The molecular weight excluding hydrogens is 388 g/mol. The molecule has 1 atom stereocenters. The number of carbonyl (C=O) groups excluding carboxylic acids is 4. The molecule has 1 aliphatic heterocycles. The Morgan fingerprint density at radius 2 is 2.00 bits per heavy atom. The average molecular weight is 412 g/mol. The van der Waals surface area contributed by atoms with Crippen molar-refractivity contribution in [2.75, 3.05) is 11.9 Å². The first-order chi connectivity index (χ1) is 14.3. The van der Waals surface area contributed by atoms with Crippen molar-refractivity contribution in [3.05, 3.63) is 29.8 Å². The SMILES string of the molecule is CC1CCC2(CC1)NC(=O)N(CC(=O)OC(C)C(=O)Nc1ccccc1C#N)C2=O. The minimum atomic E-state index is -1.17. The number of anilines is 1. The second kappa shape index (κ2) is 8.53. The van der Waals surface area contributed by atoms with Crippen molar-refractivity contribution >= 4 is 29.5 Å². The van der Waals surface area contributed by atoms with E-state index in [0.717, 1.165) is 17.7 Å². The van der Waals surface area contributed by atoms with Crippen LogP contribution in [0.3, 0.4) is 0 Å². The molecule has 3 rings (SSSR count). The molecule has 4 amide bonds. The van der Waals surface area contributed by atoms with Gasteiger partial charge in [0.15, 0.2) is 6.10 Å². The van der Waals surface area contributed by atoms with E-state index in [1.807, 2.05) is 6.07 Å². The fourth-order valence-electron chi connectivity index (χ4n) is 3.75. The lowest BCUT2D eigenvalue weighted by Crippen LogP contribution is -2.49. The summed E-state index contributed by atoms with van der Waals surface area (Å²) in [5.41, 5.74) is -0.361. The van der Waals surface area contributed by atoms with Crippen molar-refractivity contribution in [1.29, 1.82) is 5.26 Å². The van der Waals surface area contributed by atoms with Crippen molar-refractivity contribution in [2.24, 2.45) is 5.92 Å². The lowest BCUT2D eigenvalue weighted by Gasteiger charge is -2.33. The summed E-state index contributed by atoms with van der Waals surface area (Å²) in [6.07, 6.45) is 1.56. The minimum Gasteiger partial charge on any atom is -0.451 e. The maximum atomic E-state index is 12.8. The summed E-state index contributed by atoms with van der Waals surface area (Å²) >= 11 is 0. The molecule has 1 aromatic carbocycles. The van der Waals surface area contributed by atoms with Gasteiger partial charge in [0.25, 0.3) is 11.8 Å². The largest absolute Gasteiger partial charge is 0.451 e. The predicted octanol–water partition coefficient (Wildman–Crippen LogP) is 1.93. The minimum absolute atomic E-state index is 0.274. The molecular formula is C21H24N4O5. The van der Waals surface area contributed by atoms with Crippen LogP contribution in [0.2, 0.25) is 0 Å². The Morgan fingerprint density at radius 1 is 1.33 bits per heavy atom. The van der Waals surface area contributed by atoms with E-state index < -0.39 is 42.0 Å². The topological polar surface area (TPSA) is 129 Å². The number of benzene rings is 1. The van der Waals surface area contributed by atoms with Crippen LogP contribution in [0.15, 0.2) is 24.3 Å². The molecule has 1 unspecified atom stereocenters. The summed E-state index contributed by atoms with van der Waals surface area (Å²) in [5.74, 6) is -1.42. The lowest BCUT2D eigenvalue weighted by molar-refractivity contribution is -0.155. The normalized spacial score (nSPS) is 24.2. The van der Waals surface area contributed by atoms with Crippen LogP contribution in [0, 0.1) is 17.2 Å². The maximum Gasteiger partial charge on any atom is 0.327 e. The Balaban J connectivity index is 1.57. The third-order valence-corrected chi connectivity index (χ3v) is 5.64. The smallest absolute Gasteiger partial charge is 0.327 e. The molecule has 2 aliphatic rings. The highest BCUT2D eigenvalue weighted by molar-refractivity contribution is 6.09. The fourth-order valence-corrected chi connectivity index (χ4v) is 3.75. The molecule has 1 saturated carbocycles. The molecule has 1 aromatic rings. The Morgan fingerprint density at radius 3 is 2.67 bits per heavy atom. The summed E-state index contributed by atoms with van der Waals surface area (Å²) in [6, 6.07) is 7.77. The van der Waals surface area contributed by atoms with Gasteiger partial charge in [-0.2, -0.15) is 5.26 Å². The number of urea groups is 1. The van der Waals surface area contributed by atoms with Crippen LogP contribution in [0.25, 0.3) is 0 Å². The number of nitriles is 1. The zero-order chi connectivity index (χ0) is 21.9. The van der Waals surface area contributed by atoms with Crippen LogP contribution in [0.1, 0.15) is 45.1 Å². The zero-order valence-corrected chi connectivity index (χ0v) is 16.9. The molecule has 2 N–H and O–H groups in total. The number of hydrogen-bond donors (Lipinski definition) is 2. The number of para-hydroxylation sites is 1. The van der Waals surface area contributed by atoms with Gasteiger partial charge in [-0.1, -0.05) is 19.1 Å². The van der Waals surface area contributed by atoms with E-state index in [0.29, 0.717) is 24.4 Å². The molecule has 158 valence electrons. The van der Waals surface area contributed by atoms with E-state index in [1.165, 1.54) is 6.92 Å². The van der Waals surface area contributed by atoms with Crippen LogP contribution in [0.4, 0.5) is 10.5 Å². The summed E-state index contributed by atoms with van der Waals surface area (Å²) in [4.78, 5) is 50.5. The Labute approximate surface area is 174 Å². The average Bonchev–Trinajstić information content (AvgIpc) is 2.94. The van der Waals surface area contributed by atoms with Crippen molar-refractivity contribution in [2.45, 2.75) is 51.2 Å². The van der Waals surface area contributed by atoms with E-state index in [9.17, 15) is 19.2 Å². The Hall–Kier alpha value is -3.41. The second-order valence-electron chi connectivity index (χ2n) is 7.86. The summed E-state index contributed by atoms with van der Waals surface area (Å²) in [5, 5.41) is 14.3. The molecule has 1 saturated heterocycles. The van der Waals surface area contributed by atoms with Crippen molar-refractivity contribution in [3.8, 4) is 6.07 Å². The van der Waals surface area contributed by atoms with Gasteiger partial charge in [-0.15, -0.1) is 0 Å². The van der Waals surface area contributed by atoms with Crippen molar-refractivity contribution < 1.29 is 23.9 Å². The van der Waals surface area contributed by atoms with Crippen molar-refractivity contribution in [1.82, 2.24) is 10.2 Å². The molecule has 9 heteroatoms. The summed E-state index contributed by atoms with van der Waals surface area (Å²) in [6.45, 7) is 2.91. The number of amides is 4. The van der Waals surface area contributed by atoms with E-state index in [1.54, 1.807) is 24.3 Å². The van der Waals surface area contributed by atoms with Gasteiger partial charge in [0.05, 0.1) is 11.3 Å². The van der Waals surface area contributed by atoms with Gasteiger partial charge in [0, 0.05) is 0 Å². The molecule has 2 fully saturated rings. The molecule has 30 heavy (non-hydrogen) atoms. The predicted molar refractivity (Wildman–Crippen MR) is 106 cm³/mol. The summed E-state index contributed by atoms with van der Waals surface area (Å²) in [7, 11) is 0. The molecule has 9 nitrogen and oxygen atoms in total. The highest BCUT2D eigenvalue weighted by Gasteiger charge is 2.52. The van der Waals surface area contributed by atoms with Crippen LogP contribution in [-0.2, 0) is 19.1 Å². The number of imide groups is 1. The lowest BCUT2D eigenvalue weighted by atomic mass is 9.77. The van der Waals surface area contributed by atoms with Gasteiger partial charge in [-0.05, 0) is 50.7 Å². The van der Waals surface area contributed by atoms with Gasteiger partial charge in [-0.25, -0.2) is 4.79 Å². The molecule has 0 aromatic heterocycles. The van der Waals surface area contributed by atoms with Gasteiger partial charge in [0.1, 0.15) is 18.2 Å². The third-order valence-electron chi connectivity index (χ3n) is 5.64. The van der Waals surface area contributed by atoms with Crippen LogP contribution in [-0.4, -0.2) is 46.9 Å². The highest BCUT2D eigenvalue weighted by Crippen LogP contribution is 2.36. The molecule has 1 heterocycles. The fraction of sp³-hybridized carbons (Fsp3) is 0.476. The standard InChI is InChI=1S/C21H24N4O5/c1-13-7-9-21(10-8-13)19(28)25(20(29)24-21)12-17(26)30-14(2)18(27)23-16-6-4-3-5-15(16)11-22/h3-6,13-14H,7-10,12H2,1-2H3,(H,23,27)(H,24,29). The number of nitrogens with one attached hydrogen (secondary N) is 2. The maximum absolute atomic E-state index is 12.8. The Kier molecular flexibility index (Phi) is 6.06. The van der Waals surface area contributed by atoms with Crippen LogP contribution < -0.4 is 10.6 Å². The van der Waals surface area contributed by atoms with Gasteiger partial charge < -0.3 is 15.4 Å². The quantitative estimate of drug-likeness (QED) is 0.562. The second-order valence-corrected chi connectivity index (χ2v) is 7.86. The first-order valence-electron chi connectivity index (χ1n) is 9.89. The van der Waals surface area contributed by atoms with Crippen LogP contribution >= 0.6 is 0 Å². The number of carbonyl (C=O) groups is 4. The molecule has 0 bridgehead atoms. The van der Waals surface area contributed by atoms with E-state index in [-0.39, 0.29) is 5.56 Å². The first-order valence-corrected chi connectivity index (χ1v) is 9.89. The molecule has 1 spiro atoms. The van der Waals surface area contributed by atoms with Crippen molar-refractivity contribution in [3.63, 3.8) is 0 Å².